The molecule has 32 heavy (non-hydrogen) atoms. The van der Waals surface area contributed by atoms with Gasteiger partial charge in [0.15, 0.2) is 0 Å². The molecule has 0 amide bonds. The lowest BCUT2D eigenvalue weighted by Crippen LogP contribution is -2.64. The summed E-state index contributed by atoms with van der Waals surface area (Å²) in [6.45, 7) is 19.7. The number of fused-ring (bicyclic) bond motifs is 7. The van der Waals surface area contributed by atoms with Gasteiger partial charge in [0.2, 0.25) is 0 Å². The first kappa shape index (κ1) is 23.4. The highest BCUT2D eigenvalue weighted by molar-refractivity contribution is 5.36. The Morgan fingerprint density at radius 2 is 1.25 bits per heavy atom. The van der Waals surface area contributed by atoms with Crippen LogP contribution in [0.5, 0.6) is 0 Å². The molecular weight excluding hydrogens is 392 g/mol. The van der Waals surface area contributed by atoms with Crippen LogP contribution in [0, 0.1) is 50.2 Å². The van der Waals surface area contributed by atoms with E-state index >= 15 is 0 Å². The smallest absolute Gasteiger partial charge is 0.0780 e. The van der Waals surface area contributed by atoms with Gasteiger partial charge in [-0.1, -0.05) is 67.0 Å². The number of hydrogen-bond acceptors (Lipinski definition) is 2. The number of allylic oxidation sites excluding steroid dienone is 1. The van der Waals surface area contributed by atoms with Gasteiger partial charge in [-0.2, -0.15) is 0 Å². The molecular formula is C30H50O2. The van der Waals surface area contributed by atoms with Crippen LogP contribution in [0.1, 0.15) is 113 Å². The van der Waals surface area contributed by atoms with E-state index in [-0.39, 0.29) is 39.3 Å². The van der Waals surface area contributed by atoms with Crippen LogP contribution in [0.3, 0.4) is 0 Å². The molecule has 0 aromatic carbocycles. The molecule has 0 saturated heterocycles. The van der Waals surface area contributed by atoms with Crippen LogP contribution in [0.4, 0.5) is 0 Å². The Morgan fingerprint density at radius 3 is 1.91 bits per heavy atom. The van der Waals surface area contributed by atoms with Gasteiger partial charge in [0, 0.05) is 5.41 Å². The molecule has 2 N–H and O–H groups in total. The predicted octanol–water partition coefficient (Wildman–Crippen LogP) is 7.14. The summed E-state index contributed by atoms with van der Waals surface area (Å²) in [6.07, 6.45) is 12.6. The molecule has 2 heteroatoms. The van der Waals surface area contributed by atoms with Gasteiger partial charge < -0.3 is 10.2 Å². The number of aliphatic hydroxyl groups excluding tert-OH is 2. The molecule has 5 aliphatic carbocycles. The zero-order valence-electron chi connectivity index (χ0n) is 22.2. The molecule has 0 bridgehead atoms. The van der Waals surface area contributed by atoms with Crippen molar-refractivity contribution >= 4 is 0 Å². The van der Waals surface area contributed by atoms with Crippen molar-refractivity contribution in [1.29, 1.82) is 0 Å². The lowest BCUT2D eigenvalue weighted by atomic mass is 9.34. The average Bonchev–Trinajstić information content (AvgIpc) is 2.68. The first-order valence-electron chi connectivity index (χ1n) is 13.7. The molecule has 0 aliphatic heterocycles. The first-order chi connectivity index (χ1) is 14.6. The summed E-state index contributed by atoms with van der Waals surface area (Å²) in [5, 5.41) is 22.5. The molecule has 0 aromatic heterocycles. The third-order valence-corrected chi connectivity index (χ3v) is 12.9. The molecule has 0 radical (unpaired) electrons. The van der Waals surface area contributed by atoms with Gasteiger partial charge in [-0.05, 0) is 103 Å². The second-order valence-electron chi connectivity index (χ2n) is 15.4. The van der Waals surface area contributed by atoms with Crippen molar-refractivity contribution in [2.24, 2.45) is 50.2 Å². The molecule has 4 fully saturated rings. The summed E-state index contributed by atoms with van der Waals surface area (Å²) in [7, 11) is 0. The fourth-order valence-electron chi connectivity index (χ4n) is 10.8. The average molecular weight is 443 g/mol. The van der Waals surface area contributed by atoms with Crippen LogP contribution in [0.2, 0.25) is 0 Å². The topological polar surface area (TPSA) is 40.5 Å². The van der Waals surface area contributed by atoms with Crippen LogP contribution >= 0.6 is 0 Å². The molecule has 2 nitrogen and oxygen atoms in total. The van der Waals surface area contributed by atoms with E-state index in [0.717, 1.165) is 19.3 Å². The Labute approximate surface area is 197 Å². The fourth-order valence-corrected chi connectivity index (χ4v) is 10.8. The Balaban J connectivity index is 1.59. The monoisotopic (exact) mass is 442 g/mol. The minimum atomic E-state index is -0.308. The van der Waals surface area contributed by atoms with Crippen LogP contribution < -0.4 is 0 Å². The minimum absolute atomic E-state index is 0.00149. The Bertz CT molecular complexity index is 825. The van der Waals surface area contributed by atoms with Gasteiger partial charge in [0.1, 0.15) is 0 Å². The maximum Gasteiger partial charge on any atom is 0.0780 e. The molecule has 5 aliphatic rings. The fraction of sp³-hybridized carbons (Fsp3) is 0.933. The van der Waals surface area contributed by atoms with Crippen LogP contribution in [0.15, 0.2) is 11.6 Å². The number of rotatable bonds is 0. The highest BCUT2D eigenvalue weighted by Gasteiger charge is 2.67. The van der Waals surface area contributed by atoms with E-state index in [0.29, 0.717) is 23.2 Å². The second-order valence-corrected chi connectivity index (χ2v) is 15.4. The van der Waals surface area contributed by atoms with E-state index in [2.05, 4.69) is 61.5 Å². The molecule has 4 saturated carbocycles. The highest BCUT2D eigenvalue weighted by Crippen LogP contribution is 2.74. The molecule has 0 spiro atoms. The Hall–Kier alpha value is -0.340. The van der Waals surface area contributed by atoms with Gasteiger partial charge in [-0.25, -0.2) is 0 Å². The van der Waals surface area contributed by atoms with Crippen molar-refractivity contribution in [3.63, 3.8) is 0 Å². The van der Waals surface area contributed by atoms with E-state index in [1.807, 2.05) is 0 Å². The second kappa shape index (κ2) is 6.66. The van der Waals surface area contributed by atoms with Gasteiger partial charge in [-0.15, -0.1) is 0 Å². The van der Waals surface area contributed by atoms with Crippen molar-refractivity contribution < 1.29 is 10.2 Å². The summed E-state index contributed by atoms with van der Waals surface area (Å²) in [4.78, 5) is 0. The van der Waals surface area contributed by atoms with E-state index < -0.39 is 0 Å². The van der Waals surface area contributed by atoms with E-state index in [9.17, 15) is 10.2 Å². The third kappa shape index (κ3) is 2.78. The Kier molecular flexibility index (Phi) is 4.87. The zero-order chi connectivity index (χ0) is 23.5. The van der Waals surface area contributed by atoms with Crippen LogP contribution in [-0.2, 0) is 0 Å². The minimum Gasteiger partial charge on any atom is -0.393 e. The van der Waals surface area contributed by atoms with Gasteiger partial charge in [-0.3, -0.25) is 0 Å². The van der Waals surface area contributed by atoms with Crippen molar-refractivity contribution in [3.05, 3.63) is 11.6 Å². The highest BCUT2D eigenvalue weighted by atomic mass is 16.3. The molecule has 182 valence electrons. The summed E-state index contributed by atoms with van der Waals surface area (Å²) in [5.74, 6) is 1.82. The number of aliphatic hydroxyl groups is 2. The van der Waals surface area contributed by atoms with E-state index in [1.165, 1.54) is 38.5 Å². The zero-order valence-corrected chi connectivity index (χ0v) is 22.2. The predicted molar refractivity (Wildman–Crippen MR) is 132 cm³/mol. The lowest BCUT2D eigenvalue weighted by Gasteiger charge is -2.70. The summed E-state index contributed by atoms with van der Waals surface area (Å²) < 4.78 is 0. The third-order valence-electron chi connectivity index (χ3n) is 12.9. The largest absolute Gasteiger partial charge is 0.393 e. The Morgan fingerprint density at radius 1 is 0.656 bits per heavy atom. The maximum absolute atomic E-state index is 11.6. The van der Waals surface area contributed by atoms with Crippen LogP contribution in [0.25, 0.3) is 0 Å². The first-order valence-corrected chi connectivity index (χ1v) is 13.7. The lowest BCUT2D eigenvalue weighted by molar-refractivity contribution is -0.189. The summed E-state index contributed by atoms with van der Waals surface area (Å²) in [5.41, 5.74) is 2.70. The van der Waals surface area contributed by atoms with Gasteiger partial charge in [0.05, 0.1) is 12.2 Å². The standard InChI is InChI=1S/C30H50O2/c1-25(2)15-16-30(8)22(18-25)29(7)13-10-20-27(5)14-11-23(31)26(3,4)19(27)9-12-28(20,6)21(29)17-24(30)32/h17,19-20,22-24,31-32H,9-16,18H2,1-8H3/t19-,20+,22+,23+,24-,27-,28+,29-,30-/m1/s1. The van der Waals surface area contributed by atoms with Gasteiger partial charge >= 0.3 is 0 Å². The summed E-state index contributed by atoms with van der Waals surface area (Å²) in [6, 6.07) is 0. The summed E-state index contributed by atoms with van der Waals surface area (Å²) >= 11 is 0. The molecule has 0 aromatic rings. The molecule has 9 atom stereocenters. The van der Waals surface area contributed by atoms with Gasteiger partial charge in [0.25, 0.3) is 0 Å². The molecule has 0 heterocycles. The van der Waals surface area contributed by atoms with E-state index in [1.54, 1.807) is 5.57 Å². The molecule has 0 unspecified atom stereocenters. The van der Waals surface area contributed by atoms with E-state index in [4.69, 9.17) is 0 Å². The number of hydrogen-bond donors (Lipinski definition) is 2. The van der Waals surface area contributed by atoms with Crippen molar-refractivity contribution in [2.75, 3.05) is 0 Å². The van der Waals surface area contributed by atoms with Crippen molar-refractivity contribution in [2.45, 2.75) is 125 Å². The SMILES string of the molecule is CC1(C)CC[C@@]2(C)[C@H](O)C=C3[C@@](C)(CC[C@H]4[C@]5(C)CC[C@H](O)C(C)(C)[C@H]5CC[C@]34C)[C@@H]2C1. The molecule has 5 rings (SSSR count). The maximum atomic E-state index is 11.6. The van der Waals surface area contributed by atoms with Crippen LogP contribution in [-0.4, -0.2) is 22.4 Å². The van der Waals surface area contributed by atoms with Crippen molar-refractivity contribution in [3.8, 4) is 0 Å². The normalized spacial score (nSPS) is 56.2. The quantitative estimate of drug-likeness (QED) is 0.391. The van der Waals surface area contributed by atoms with Crippen molar-refractivity contribution in [1.82, 2.24) is 0 Å².